The topological polar surface area (TPSA) is 73.1 Å². The summed E-state index contributed by atoms with van der Waals surface area (Å²) < 4.78 is 8.22. The third-order valence-corrected chi connectivity index (χ3v) is 6.09. The number of carbonyl (C=O) groups is 1. The highest BCUT2D eigenvalue weighted by atomic mass is 32.1. The van der Waals surface area contributed by atoms with E-state index in [1.54, 1.807) is 12.0 Å². The van der Waals surface area contributed by atoms with Crippen molar-refractivity contribution in [1.29, 1.82) is 0 Å². The minimum Gasteiger partial charge on any atom is -0.497 e. The molecule has 0 saturated carbocycles. The Morgan fingerprint density at radius 3 is 2.90 bits per heavy atom. The van der Waals surface area contributed by atoms with Crippen molar-refractivity contribution in [2.45, 2.75) is 25.9 Å². The molecule has 1 aliphatic heterocycles. The number of carbonyl (C=O) groups excluding carboxylic acids is 1. The minimum absolute atomic E-state index is 0.180. The van der Waals surface area contributed by atoms with Crippen LogP contribution in [-0.4, -0.2) is 32.8 Å². The van der Waals surface area contributed by atoms with Gasteiger partial charge in [0.1, 0.15) is 11.6 Å². The van der Waals surface area contributed by atoms with Gasteiger partial charge in [-0.1, -0.05) is 41.7 Å². The predicted molar refractivity (Wildman–Crippen MR) is 111 cm³/mol. The van der Waals surface area contributed by atoms with Crippen LogP contribution in [0.4, 0.5) is 5.13 Å². The first-order valence-electron chi connectivity index (χ1n) is 9.45. The number of hydrogen-bond donors (Lipinski definition) is 0. The zero-order chi connectivity index (χ0) is 19.8. The van der Waals surface area contributed by atoms with Crippen LogP contribution < -0.4 is 9.64 Å². The lowest BCUT2D eigenvalue weighted by molar-refractivity contribution is 0.0970. The maximum Gasteiger partial charge on any atom is 0.298 e. The monoisotopic (exact) mass is 405 g/mol. The Morgan fingerprint density at radius 1 is 1.21 bits per heavy atom. The molecule has 29 heavy (non-hydrogen) atoms. The Balaban J connectivity index is 1.57. The number of methoxy groups -OCH3 is 1. The van der Waals surface area contributed by atoms with Crippen LogP contribution in [0.3, 0.4) is 0 Å². The van der Waals surface area contributed by atoms with E-state index in [1.165, 1.54) is 11.3 Å². The molecule has 0 fully saturated rings. The summed E-state index contributed by atoms with van der Waals surface area (Å²) in [6.07, 6.45) is 1.85. The van der Waals surface area contributed by atoms with Crippen molar-refractivity contribution in [2.24, 2.45) is 0 Å². The van der Waals surface area contributed by atoms with Gasteiger partial charge in [-0.2, -0.15) is 0 Å². The maximum atomic E-state index is 13.5. The fraction of sp³-hybridized carbons (Fsp3) is 0.238. The average Bonchev–Trinajstić information content (AvgIpc) is 3.46. The molecule has 0 bridgehead atoms. The number of benzene rings is 2. The first kappa shape index (κ1) is 17.8. The normalized spacial score (nSPS) is 12.9. The molecule has 0 N–H and O–H groups in total. The van der Waals surface area contributed by atoms with Gasteiger partial charge in [-0.15, -0.1) is 10.2 Å². The molecule has 2 aromatic carbocycles. The quantitative estimate of drug-likeness (QED) is 0.506. The summed E-state index contributed by atoms with van der Waals surface area (Å²) >= 11 is 1.47. The molecule has 0 saturated heterocycles. The van der Waals surface area contributed by atoms with Crippen LogP contribution in [0.25, 0.3) is 10.2 Å². The highest BCUT2D eigenvalue weighted by Gasteiger charge is 2.29. The Labute approximate surface area is 171 Å². The van der Waals surface area contributed by atoms with E-state index in [0.717, 1.165) is 46.7 Å². The molecule has 3 heterocycles. The Kier molecular flexibility index (Phi) is 4.48. The second-order valence-electron chi connectivity index (χ2n) is 6.90. The van der Waals surface area contributed by atoms with Gasteiger partial charge < -0.3 is 9.30 Å². The van der Waals surface area contributed by atoms with Gasteiger partial charge in [0.25, 0.3) is 5.91 Å². The predicted octanol–water partition coefficient (Wildman–Crippen LogP) is 3.69. The zero-order valence-electron chi connectivity index (χ0n) is 15.9. The lowest BCUT2D eigenvalue weighted by atomic mass is 10.2. The van der Waals surface area contributed by atoms with E-state index in [0.29, 0.717) is 17.5 Å². The maximum absolute atomic E-state index is 13.5. The van der Waals surface area contributed by atoms with E-state index in [1.807, 2.05) is 53.1 Å². The molecule has 1 amide bonds. The van der Waals surface area contributed by atoms with Crippen molar-refractivity contribution in [3.63, 3.8) is 0 Å². The second-order valence-corrected chi connectivity index (χ2v) is 7.91. The molecule has 0 atom stereocenters. The number of hydrogen-bond acceptors (Lipinski definition) is 6. The number of thiazole rings is 1. The lowest BCUT2D eigenvalue weighted by Gasteiger charge is -2.19. The smallest absolute Gasteiger partial charge is 0.298 e. The number of aromatic nitrogens is 4. The Morgan fingerprint density at radius 2 is 2.07 bits per heavy atom. The van der Waals surface area contributed by atoms with Crippen molar-refractivity contribution in [2.75, 3.05) is 12.0 Å². The SMILES string of the molecule is COc1ccc2nc(N(Cc3ccccc3)C(=O)c3nnc4n3CCC4)sc2c1. The van der Waals surface area contributed by atoms with Crippen LogP contribution in [0.5, 0.6) is 5.75 Å². The minimum atomic E-state index is -0.180. The Hall–Kier alpha value is -3.26. The molecule has 8 heteroatoms. The first-order chi connectivity index (χ1) is 14.2. The van der Waals surface area contributed by atoms with E-state index >= 15 is 0 Å². The van der Waals surface area contributed by atoms with E-state index in [4.69, 9.17) is 9.72 Å². The first-order valence-corrected chi connectivity index (χ1v) is 10.3. The van der Waals surface area contributed by atoms with Gasteiger partial charge in [-0.3, -0.25) is 9.69 Å². The van der Waals surface area contributed by atoms with Crippen LogP contribution in [0.2, 0.25) is 0 Å². The van der Waals surface area contributed by atoms with Crippen LogP contribution in [-0.2, 0) is 19.5 Å². The molecular weight excluding hydrogens is 386 g/mol. The largest absolute Gasteiger partial charge is 0.497 e. The fourth-order valence-electron chi connectivity index (χ4n) is 3.56. The number of rotatable bonds is 5. The summed E-state index contributed by atoms with van der Waals surface area (Å²) in [7, 11) is 1.64. The summed E-state index contributed by atoms with van der Waals surface area (Å²) in [5.41, 5.74) is 1.86. The molecule has 0 spiro atoms. The number of anilines is 1. The van der Waals surface area contributed by atoms with Gasteiger partial charge in [-0.05, 0) is 30.2 Å². The summed E-state index contributed by atoms with van der Waals surface area (Å²) in [5.74, 6) is 1.84. The molecule has 4 aromatic rings. The zero-order valence-corrected chi connectivity index (χ0v) is 16.7. The third kappa shape index (κ3) is 3.25. The fourth-order valence-corrected chi connectivity index (χ4v) is 4.55. The van der Waals surface area contributed by atoms with Crippen molar-refractivity contribution in [1.82, 2.24) is 19.7 Å². The van der Waals surface area contributed by atoms with Gasteiger partial charge >= 0.3 is 0 Å². The number of aryl methyl sites for hydroxylation is 1. The standard InChI is InChI=1S/C21H19N5O2S/c1-28-15-9-10-16-17(12-15)29-21(22-16)26(13-14-6-3-2-4-7-14)20(27)19-24-23-18-8-5-11-25(18)19/h2-4,6-7,9-10,12H,5,8,11,13H2,1H3. The summed E-state index contributed by atoms with van der Waals surface area (Å²) in [6.45, 7) is 1.19. The van der Waals surface area contributed by atoms with E-state index < -0.39 is 0 Å². The molecule has 5 rings (SSSR count). The molecule has 0 aliphatic carbocycles. The van der Waals surface area contributed by atoms with Gasteiger partial charge in [0, 0.05) is 13.0 Å². The summed E-state index contributed by atoms with van der Waals surface area (Å²) in [6, 6.07) is 15.6. The molecule has 0 radical (unpaired) electrons. The summed E-state index contributed by atoms with van der Waals surface area (Å²) in [5, 5.41) is 9.02. The van der Waals surface area contributed by atoms with Crippen LogP contribution in [0.15, 0.2) is 48.5 Å². The molecule has 2 aromatic heterocycles. The van der Waals surface area contributed by atoms with Gasteiger partial charge in [0.2, 0.25) is 5.82 Å². The molecule has 146 valence electrons. The highest BCUT2D eigenvalue weighted by Crippen LogP contribution is 2.33. The van der Waals surface area contributed by atoms with Crippen molar-refractivity contribution < 1.29 is 9.53 Å². The van der Waals surface area contributed by atoms with E-state index in [2.05, 4.69) is 10.2 Å². The van der Waals surface area contributed by atoms with Crippen molar-refractivity contribution in [3.8, 4) is 5.75 Å². The van der Waals surface area contributed by atoms with Gasteiger partial charge in [-0.25, -0.2) is 4.98 Å². The number of nitrogens with zero attached hydrogens (tertiary/aromatic N) is 5. The van der Waals surface area contributed by atoms with Crippen molar-refractivity contribution >= 4 is 32.6 Å². The average molecular weight is 405 g/mol. The Bertz CT molecular complexity index is 1180. The lowest BCUT2D eigenvalue weighted by Crippen LogP contribution is -2.32. The van der Waals surface area contributed by atoms with Gasteiger partial charge in [0.15, 0.2) is 5.13 Å². The third-order valence-electron chi connectivity index (χ3n) is 5.04. The van der Waals surface area contributed by atoms with Crippen LogP contribution in [0.1, 0.15) is 28.4 Å². The van der Waals surface area contributed by atoms with Gasteiger partial charge in [0.05, 0.1) is 23.9 Å². The van der Waals surface area contributed by atoms with E-state index in [9.17, 15) is 4.79 Å². The molecule has 1 aliphatic rings. The van der Waals surface area contributed by atoms with Crippen molar-refractivity contribution in [3.05, 3.63) is 65.7 Å². The molecular formula is C21H19N5O2S. The number of fused-ring (bicyclic) bond motifs is 2. The second kappa shape index (κ2) is 7.29. The molecule has 7 nitrogen and oxygen atoms in total. The molecule has 0 unspecified atom stereocenters. The summed E-state index contributed by atoms with van der Waals surface area (Å²) in [4.78, 5) is 19.9. The number of amides is 1. The van der Waals surface area contributed by atoms with E-state index in [-0.39, 0.29) is 5.91 Å². The van der Waals surface area contributed by atoms with Crippen LogP contribution in [0, 0.1) is 0 Å². The highest BCUT2D eigenvalue weighted by molar-refractivity contribution is 7.22. The van der Waals surface area contributed by atoms with Crippen LogP contribution >= 0.6 is 11.3 Å². The number of ether oxygens (including phenoxy) is 1.